The number of benzene rings is 2. The Labute approximate surface area is 173 Å². The van der Waals surface area contributed by atoms with Crippen molar-refractivity contribution in [3.8, 4) is 0 Å². The zero-order chi connectivity index (χ0) is 21.2. The van der Waals surface area contributed by atoms with Crippen LogP contribution in [0.1, 0.15) is 11.3 Å². The Morgan fingerprint density at radius 1 is 1.03 bits per heavy atom. The lowest BCUT2D eigenvalue weighted by Gasteiger charge is -2.15. The van der Waals surface area contributed by atoms with Crippen LogP contribution in [0.3, 0.4) is 0 Å². The highest BCUT2D eigenvalue weighted by Crippen LogP contribution is 2.23. The maximum Gasteiger partial charge on any atom is 0.270 e. The summed E-state index contributed by atoms with van der Waals surface area (Å²) in [5, 5.41) is 3.08. The van der Waals surface area contributed by atoms with Crippen LogP contribution in [0.5, 0.6) is 0 Å². The third-order valence-electron chi connectivity index (χ3n) is 4.40. The number of rotatable bonds is 5. The van der Waals surface area contributed by atoms with E-state index in [4.69, 9.17) is 11.6 Å². The number of para-hydroxylation sites is 1. The fourth-order valence-corrected chi connectivity index (χ4v) is 4.71. The molecule has 2 aromatic carbocycles. The predicted octanol–water partition coefficient (Wildman–Crippen LogP) is 3.59. The van der Waals surface area contributed by atoms with E-state index in [9.17, 15) is 18.0 Å². The number of carbonyl (C=O) groups is 1. The van der Waals surface area contributed by atoms with Gasteiger partial charge in [0.2, 0.25) is 15.7 Å². The molecular formula is C21H19ClN2O4S. The average Bonchev–Trinajstić information content (AvgIpc) is 2.66. The minimum atomic E-state index is -4.07. The third kappa shape index (κ3) is 4.41. The Morgan fingerprint density at radius 3 is 2.28 bits per heavy atom. The number of nitrogens with zero attached hydrogens (tertiary/aromatic N) is 1. The summed E-state index contributed by atoms with van der Waals surface area (Å²) in [5.74, 6) is -0.430. The molecule has 6 nitrogen and oxygen atoms in total. The molecule has 8 heteroatoms. The molecule has 1 N–H and O–H groups in total. The van der Waals surface area contributed by atoms with Crippen LogP contribution in [-0.2, 0) is 21.2 Å². The molecule has 1 aromatic heterocycles. The average molecular weight is 431 g/mol. The molecule has 0 unspecified atom stereocenters. The fraction of sp³-hybridized carbons (Fsp3) is 0.143. The molecule has 0 fully saturated rings. The number of halogens is 1. The molecule has 3 rings (SSSR count). The van der Waals surface area contributed by atoms with Gasteiger partial charge in [-0.3, -0.25) is 9.59 Å². The van der Waals surface area contributed by atoms with Gasteiger partial charge in [0.1, 0.15) is 11.4 Å². The quantitative estimate of drug-likeness (QED) is 0.670. The molecular weight excluding hydrogens is 412 g/mol. The molecule has 0 saturated carbocycles. The van der Waals surface area contributed by atoms with Crippen LogP contribution in [0.15, 0.2) is 75.2 Å². The van der Waals surface area contributed by atoms with E-state index < -0.39 is 21.3 Å². The summed E-state index contributed by atoms with van der Waals surface area (Å²) in [6, 6.07) is 16.0. The molecule has 1 amide bonds. The lowest BCUT2D eigenvalue weighted by atomic mass is 10.2. The normalized spacial score (nSPS) is 11.3. The van der Waals surface area contributed by atoms with Crippen molar-refractivity contribution in [3.63, 3.8) is 0 Å². The Balaban J connectivity index is 2.01. The van der Waals surface area contributed by atoms with E-state index in [0.717, 1.165) is 4.57 Å². The van der Waals surface area contributed by atoms with Crippen LogP contribution in [-0.4, -0.2) is 18.9 Å². The van der Waals surface area contributed by atoms with Crippen molar-refractivity contribution in [3.05, 3.63) is 87.3 Å². The number of anilines is 1. The van der Waals surface area contributed by atoms with E-state index in [0.29, 0.717) is 22.0 Å². The van der Waals surface area contributed by atoms with E-state index in [-0.39, 0.29) is 16.3 Å². The fourth-order valence-electron chi connectivity index (χ4n) is 3.03. The summed E-state index contributed by atoms with van der Waals surface area (Å²) >= 11 is 5.83. The van der Waals surface area contributed by atoms with Gasteiger partial charge in [-0.15, -0.1) is 0 Å². The van der Waals surface area contributed by atoms with Crippen molar-refractivity contribution in [2.24, 2.45) is 0 Å². The minimum Gasteiger partial charge on any atom is -0.325 e. The maximum atomic E-state index is 13.1. The van der Waals surface area contributed by atoms with Gasteiger partial charge in [0, 0.05) is 16.4 Å². The first kappa shape index (κ1) is 20.8. The molecule has 3 aromatic rings. The van der Waals surface area contributed by atoms with Gasteiger partial charge < -0.3 is 9.88 Å². The second-order valence-corrected chi connectivity index (χ2v) is 8.88. The molecule has 0 aliphatic rings. The van der Waals surface area contributed by atoms with Crippen molar-refractivity contribution in [2.75, 3.05) is 5.32 Å². The van der Waals surface area contributed by atoms with Gasteiger partial charge in [-0.25, -0.2) is 8.42 Å². The van der Waals surface area contributed by atoms with Gasteiger partial charge in [-0.05, 0) is 61.9 Å². The summed E-state index contributed by atoms with van der Waals surface area (Å²) < 4.78 is 27.3. The molecule has 0 aliphatic carbocycles. The molecule has 0 bridgehead atoms. The Hall–Kier alpha value is -2.90. The second kappa shape index (κ2) is 8.23. The van der Waals surface area contributed by atoms with Crippen molar-refractivity contribution < 1.29 is 13.2 Å². The largest absolute Gasteiger partial charge is 0.325 e. The van der Waals surface area contributed by atoms with E-state index in [1.54, 1.807) is 44.2 Å². The van der Waals surface area contributed by atoms with Crippen LogP contribution in [0, 0.1) is 13.8 Å². The number of aryl methyl sites for hydroxylation is 2. The third-order valence-corrected chi connectivity index (χ3v) is 6.58. The van der Waals surface area contributed by atoms with Crippen LogP contribution >= 0.6 is 11.6 Å². The molecule has 0 saturated heterocycles. The topological polar surface area (TPSA) is 85.2 Å². The maximum absolute atomic E-state index is 13.1. The summed E-state index contributed by atoms with van der Waals surface area (Å²) in [7, 11) is -4.07. The first-order valence-corrected chi connectivity index (χ1v) is 10.6. The molecule has 29 heavy (non-hydrogen) atoms. The number of sulfone groups is 1. The van der Waals surface area contributed by atoms with E-state index in [2.05, 4.69) is 5.32 Å². The van der Waals surface area contributed by atoms with Gasteiger partial charge in [-0.2, -0.15) is 0 Å². The molecule has 0 aliphatic heterocycles. The zero-order valence-corrected chi connectivity index (χ0v) is 17.4. The van der Waals surface area contributed by atoms with Crippen molar-refractivity contribution in [1.29, 1.82) is 0 Å². The van der Waals surface area contributed by atoms with Crippen molar-refractivity contribution in [2.45, 2.75) is 30.2 Å². The first-order chi connectivity index (χ1) is 13.7. The van der Waals surface area contributed by atoms with E-state index in [1.165, 1.54) is 24.3 Å². The highest BCUT2D eigenvalue weighted by molar-refractivity contribution is 7.91. The lowest BCUT2D eigenvalue weighted by Crippen LogP contribution is -2.33. The monoisotopic (exact) mass is 430 g/mol. The van der Waals surface area contributed by atoms with E-state index in [1.807, 2.05) is 6.07 Å². The first-order valence-electron chi connectivity index (χ1n) is 8.77. The van der Waals surface area contributed by atoms with E-state index >= 15 is 0 Å². The summed E-state index contributed by atoms with van der Waals surface area (Å²) in [4.78, 5) is 25.1. The van der Waals surface area contributed by atoms with Gasteiger partial charge in [0.05, 0.1) is 4.90 Å². The molecule has 0 spiro atoms. The van der Waals surface area contributed by atoms with Crippen LogP contribution in [0.25, 0.3) is 0 Å². The second-order valence-electron chi connectivity index (χ2n) is 6.56. The van der Waals surface area contributed by atoms with Gasteiger partial charge in [0.25, 0.3) is 5.56 Å². The SMILES string of the molecule is Cc1cc(C)n(CC(=O)Nc2ccccc2)c(=O)c1S(=O)(=O)c1ccc(Cl)cc1. The lowest BCUT2D eigenvalue weighted by molar-refractivity contribution is -0.116. The molecule has 1 heterocycles. The Morgan fingerprint density at radius 2 is 1.66 bits per heavy atom. The zero-order valence-electron chi connectivity index (χ0n) is 15.8. The van der Waals surface area contributed by atoms with Crippen LogP contribution < -0.4 is 10.9 Å². The standard InChI is InChI=1S/C21H19ClN2O4S/c1-14-12-15(2)24(13-19(25)23-17-6-4-3-5-7-17)21(26)20(14)29(27,28)18-10-8-16(22)9-11-18/h3-12H,13H2,1-2H3,(H,23,25). The Bertz CT molecular complexity index is 1220. The van der Waals surface area contributed by atoms with Crippen LogP contribution in [0.4, 0.5) is 5.69 Å². The number of pyridine rings is 1. The van der Waals surface area contributed by atoms with Gasteiger partial charge >= 0.3 is 0 Å². The number of aromatic nitrogens is 1. The summed E-state index contributed by atoms with van der Waals surface area (Å²) in [5.41, 5.74) is 0.665. The highest BCUT2D eigenvalue weighted by Gasteiger charge is 2.26. The minimum absolute atomic E-state index is 0.0359. The van der Waals surface area contributed by atoms with Gasteiger partial charge in [-0.1, -0.05) is 29.8 Å². The number of amides is 1. The molecule has 0 radical (unpaired) electrons. The predicted molar refractivity (Wildman–Crippen MR) is 112 cm³/mol. The molecule has 150 valence electrons. The summed E-state index contributed by atoms with van der Waals surface area (Å²) in [6.45, 7) is 2.91. The van der Waals surface area contributed by atoms with Crippen molar-refractivity contribution in [1.82, 2.24) is 4.57 Å². The van der Waals surface area contributed by atoms with Gasteiger partial charge in [0.15, 0.2) is 0 Å². The number of nitrogens with one attached hydrogen (secondary N) is 1. The number of carbonyl (C=O) groups excluding carboxylic acids is 1. The number of hydrogen-bond acceptors (Lipinski definition) is 4. The Kier molecular flexibility index (Phi) is 5.91. The smallest absolute Gasteiger partial charge is 0.270 e. The number of hydrogen-bond donors (Lipinski definition) is 1. The molecule has 0 atom stereocenters. The van der Waals surface area contributed by atoms with Crippen molar-refractivity contribution >= 4 is 33.0 Å². The highest BCUT2D eigenvalue weighted by atomic mass is 35.5. The summed E-state index contributed by atoms with van der Waals surface area (Å²) in [6.07, 6.45) is 0. The van der Waals surface area contributed by atoms with Crippen LogP contribution in [0.2, 0.25) is 5.02 Å².